The molecule has 0 bridgehead atoms. The fourth-order valence-electron chi connectivity index (χ4n) is 3.88. The molecule has 4 aromatic rings. The Morgan fingerprint density at radius 3 is 2.58 bits per heavy atom. The highest BCUT2D eigenvalue weighted by Gasteiger charge is 2.17. The molecule has 1 aromatic heterocycles. The fourth-order valence-corrected chi connectivity index (χ4v) is 4.24. The van der Waals surface area contributed by atoms with E-state index >= 15 is 0 Å². The number of rotatable bonds is 4. The molecule has 0 saturated heterocycles. The van der Waals surface area contributed by atoms with E-state index in [2.05, 4.69) is 60.5 Å². The van der Waals surface area contributed by atoms with Crippen LogP contribution in [-0.2, 0) is 13.0 Å². The maximum Gasteiger partial charge on any atom is 0.255 e. The number of nitrogens with zero attached hydrogens (tertiary/aromatic N) is 4. The second kappa shape index (κ2) is 8.35. The molecule has 7 heteroatoms. The summed E-state index contributed by atoms with van der Waals surface area (Å²) in [4.78, 5) is 19.3. The van der Waals surface area contributed by atoms with E-state index in [1.807, 2.05) is 42.5 Å². The number of benzene rings is 3. The standard InChI is InChI=1S/C24H20BrN5O/c25-20-7-10-23(30-16-26-15-27-30)22(13-20)28-24(31)18-5-8-21(9-6-18)29-12-11-17-3-1-2-4-19(17)14-29/h1-10,13,15-16H,11-12,14H2,(H,28,31). The SMILES string of the molecule is O=C(Nc1cc(Br)ccc1-n1cncn1)c1ccc(N2CCc3ccccc3C2)cc1. The van der Waals surface area contributed by atoms with Crippen LogP contribution in [0.25, 0.3) is 5.69 Å². The van der Waals surface area contributed by atoms with Crippen LogP contribution >= 0.6 is 15.9 Å². The smallest absolute Gasteiger partial charge is 0.255 e. The van der Waals surface area contributed by atoms with Crippen molar-refractivity contribution in [1.82, 2.24) is 14.8 Å². The van der Waals surface area contributed by atoms with Crippen molar-refractivity contribution in [3.05, 3.63) is 101 Å². The van der Waals surface area contributed by atoms with E-state index in [0.717, 1.165) is 35.4 Å². The van der Waals surface area contributed by atoms with Crippen molar-refractivity contribution in [2.24, 2.45) is 0 Å². The van der Waals surface area contributed by atoms with E-state index in [4.69, 9.17) is 0 Å². The van der Waals surface area contributed by atoms with E-state index in [1.54, 1.807) is 11.0 Å². The van der Waals surface area contributed by atoms with Crippen molar-refractivity contribution >= 4 is 33.2 Å². The first-order valence-corrected chi connectivity index (χ1v) is 10.8. The van der Waals surface area contributed by atoms with Crippen molar-refractivity contribution in [2.75, 3.05) is 16.8 Å². The van der Waals surface area contributed by atoms with Crippen LogP contribution in [0.2, 0.25) is 0 Å². The van der Waals surface area contributed by atoms with E-state index < -0.39 is 0 Å². The van der Waals surface area contributed by atoms with Gasteiger partial charge >= 0.3 is 0 Å². The number of aromatic nitrogens is 3. The van der Waals surface area contributed by atoms with Gasteiger partial charge in [-0.3, -0.25) is 4.79 Å². The molecule has 0 fully saturated rings. The van der Waals surface area contributed by atoms with Crippen LogP contribution in [0.4, 0.5) is 11.4 Å². The summed E-state index contributed by atoms with van der Waals surface area (Å²) in [6.07, 6.45) is 4.10. The van der Waals surface area contributed by atoms with E-state index in [9.17, 15) is 4.79 Å². The first-order valence-electron chi connectivity index (χ1n) is 10.0. The van der Waals surface area contributed by atoms with Gasteiger partial charge in [-0.15, -0.1) is 0 Å². The lowest BCUT2D eigenvalue weighted by Crippen LogP contribution is -2.30. The topological polar surface area (TPSA) is 63.1 Å². The molecule has 31 heavy (non-hydrogen) atoms. The number of amides is 1. The summed E-state index contributed by atoms with van der Waals surface area (Å²) in [7, 11) is 0. The second-order valence-electron chi connectivity index (χ2n) is 7.44. The number of carbonyl (C=O) groups excluding carboxylic acids is 1. The summed E-state index contributed by atoms with van der Waals surface area (Å²) < 4.78 is 2.49. The third-order valence-corrected chi connectivity index (χ3v) is 5.99. The minimum Gasteiger partial charge on any atom is -0.367 e. The average Bonchev–Trinajstić information content (AvgIpc) is 3.34. The molecule has 0 aliphatic carbocycles. The Morgan fingerprint density at radius 1 is 1.00 bits per heavy atom. The molecule has 3 aromatic carbocycles. The highest BCUT2D eigenvalue weighted by atomic mass is 79.9. The highest BCUT2D eigenvalue weighted by molar-refractivity contribution is 9.10. The Morgan fingerprint density at radius 2 is 1.81 bits per heavy atom. The zero-order chi connectivity index (χ0) is 21.2. The molecular weight excluding hydrogens is 454 g/mol. The summed E-state index contributed by atoms with van der Waals surface area (Å²) >= 11 is 3.47. The van der Waals surface area contributed by atoms with Crippen molar-refractivity contribution in [2.45, 2.75) is 13.0 Å². The van der Waals surface area contributed by atoms with Gasteiger partial charge in [0.15, 0.2) is 0 Å². The molecular formula is C24H20BrN5O. The highest BCUT2D eigenvalue weighted by Crippen LogP contribution is 2.27. The van der Waals surface area contributed by atoms with E-state index in [0.29, 0.717) is 11.3 Å². The number of carbonyl (C=O) groups is 1. The van der Waals surface area contributed by atoms with Gasteiger partial charge in [0, 0.05) is 28.8 Å². The van der Waals surface area contributed by atoms with Gasteiger partial charge in [-0.1, -0.05) is 40.2 Å². The van der Waals surface area contributed by atoms with Crippen molar-refractivity contribution in [3.63, 3.8) is 0 Å². The van der Waals surface area contributed by atoms with Gasteiger partial charge in [-0.05, 0) is 60.0 Å². The minimum atomic E-state index is -0.171. The lowest BCUT2D eigenvalue weighted by atomic mass is 9.99. The number of anilines is 2. The number of nitrogens with one attached hydrogen (secondary N) is 1. The van der Waals surface area contributed by atoms with Gasteiger partial charge in [-0.25, -0.2) is 9.67 Å². The third kappa shape index (κ3) is 4.09. The van der Waals surface area contributed by atoms with Crippen LogP contribution in [0.5, 0.6) is 0 Å². The van der Waals surface area contributed by atoms with Crippen molar-refractivity contribution in [1.29, 1.82) is 0 Å². The lowest BCUT2D eigenvalue weighted by Gasteiger charge is -2.30. The number of fused-ring (bicyclic) bond motifs is 1. The first kappa shape index (κ1) is 19.5. The minimum absolute atomic E-state index is 0.171. The summed E-state index contributed by atoms with van der Waals surface area (Å²) in [5, 5.41) is 7.17. The van der Waals surface area contributed by atoms with E-state index in [1.165, 1.54) is 17.5 Å². The first-order chi connectivity index (χ1) is 15.2. The molecule has 2 heterocycles. The zero-order valence-electron chi connectivity index (χ0n) is 16.7. The molecule has 0 spiro atoms. The molecule has 5 rings (SSSR count). The summed E-state index contributed by atoms with van der Waals surface area (Å²) in [6, 6.07) is 22.0. The van der Waals surface area contributed by atoms with Crippen LogP contribution in [0.15, 0.2) is 83.9 Å². The monoisotopic (exact) mass is 473 g/mol. The largest absolute Gasteiger partial charge is 0.367 e. The van der Waals surface area contributed by atoms with Crippen molar-refractivity contribution < 1.29 is 4.79 Å². The van der Waals surface area contributed by atoms with Crippen LogP contribution in [-0.4, -0.2) is 27.2 Å². The number of hydrogen-bond acceptors (Lipinski definition) is 4. The Kier molecular flexibility index (Phi) is 5.26. The van der Waals surface area contributed by atoms with Gasteiger partial charge in [-0.2, -0.15) is 5.10 Å². The predicted octanol–water partition coefficient (Wildman–Crippen LogP) is 4.84. The molecule has 0 radical (unpaired) electrons. The normalized spacial score (nSPS) is 13.0. The molecule has 6 nitrogen and oxygen atoms in total. The Balaban J connectivity index is 1.33. The maximum absolute atomic E-state index is 12.9. The molecule has 154 valence electrons. The molecule has 1 amide bonds. The quantitative estimate of drug-likeness (QED) is 0.460. The fraction of sp³-hybridized carbons (Fsp3) is 0.125. The van der Waals surface area contributed by atoms with Crippen LogP contribution in [0.3, 0.4) is 0 Å². The van der Waals surface area contributed by atoms with Gasteiger partial charge in [0.2, 0.25) is 0 Å². The van der Waals surface area contributed by atoms with E-state index in [-0.39, 0.29) is 5.91 Å². The molecule has 0 atom stereocenters. The van der Waals surface area contributed by atoms with Crippen molar-refractivity contribution in [3.8, 4) is 5.69 Å². The number of halogens is 1. The third-order valence-electron chi connectivity index (χ3n) is 5.50. The van der Waals surface area contributed by atoms with Crippen LogP contribution < -0.4 is 10.2 Å². The number of hydrogen-bond donors (Lipinski definition) is 1. The zero-order valence-corrected chi connectivity index (χ0v) is 18.3. The molecule has 1 aliphatic heterocycles. The average molecular weight is 474 g/mol. The molecule has 0 saturated carbocycles. The van der Waals surface area contributed by atoms with Gasteiger partial charge in [0.1, 0.15) is 12.7 Å². The van der Waals surface area contributed by atoms with Crippen LogP contribution in [0, 0.1) is 0 Å². The molecule has 1 N–H and O–H groups in total. The molecule has 1 aliphatic rings. The van der Waals surface area contributed by atoms with Gasteiger partial charge < -0.3 is 10.2 Å². The summed E-state index contributed by atoms with van der Waals surface area (Å²) in [6.45, 7) is 1.86. The summed E-state index contributed by atoms with van der Waals surface area (Å²) in [5.74, 6) is -0.171. The lowest BCUT2D eigenvalue weighted by molar-refractivity contribution is 0.102. The second-order valence-corrected chi connectivity index (χ2v) is 8.36. The molecule has 0 unspecified atom stereocenters. The van der Waals surface area contributed by atoms with Crippen LogP contribution in [0.1, 0.15) is 21.5 Å². The maximum atomic E-state index is 12.9. The summed E-state index contributed by atoms with van der Waals surface area (Å²) in [5.41, 5.74) is 5.92. The Labute approximate surface area is 188 Å². The predicted molar refractivity (Wildman–Crippen MR) is 125 cm³/mol. The van der Waals surface area contributed by atoms with Gasteiger partial charge in [0.05, 0.1) is 11.4 Å². The Hall–Kier alpha value is -3.45. The Bertz CT molecular complexity index is 1220. The van der Waals surface area contributed by atoms with Gasteiger partial charge in [0.25, 0.3) is 5.91 Å².